The molecule has 4 heteroatoms. The van der Waals surface area contributed by atoms with Crippen molar-refractivity contribution in [3.8, 4) is 6.07 Å². The molecule has 0 radical (unpaired) electrons. The van der Waals surface area contributed by atoms with Gasteiger partial charge in [0.1, 0.15) is 11.9 Å². The minimum Gasteiger partial charge on any atom is -0.385 e. The third kappa shape index (κ3) is 3.01. The van der Waals surface area contributed by atoms with Gasteiger partial charge in [-0.1, -0.05) is 18.2 Å². The molecule has 2 rings (SSSR count). The molecule has 2 aromatic rings. The number of nitrogens with zero attached hydrogens (tertiary/aromatic N) is 3. The van der Waals surface area contributed by atoms with Crippen LogP contribution < -0.4 is 4.90 Å². The summed E-state index contributed by atoms with van der Waals surface area (Å²) in [5.74, 6) is 0.734. The van der Waals surface area contributed by atoms with Gasteiger partial charge >= 0.3 is 0 Å². The van der Waals surface area contributed by atoms with Crippen LogP contribution in [0.15, 0.2) is 30.3 Å². The van der Waals surface area contributed by atoms with E-state index in [1.807, 2.05) is 42.3 Å². The highest BCUT2D eigenvalue weighted by Crippen LogP contribution is 2.22. The number of hydrogen-bond donors (Lipinski definition) is 0. The van der Waals surface area contributed by atoms with Gasteiger partial charge < -0.3 is 9.64 Å². The molecule has 1 aromatic heterocycles. The molecule has 0 unspecified atom stereocenters. The maximum Gasteiger partial charge on any atom is 0.147 e. The Kier molecular flexibility index (Phi) is 4.32. The van der Waals surface area contributed by atoms with E-state index in [1.54, 1.807) is 7.11 Å². The van der Waals surface area contributed by atoms with Crippen LogP contribution in [0.1, 0.15) is 12.0 Å². The fourth-order valence-electron chi connectivity index (χ4n) is 2.03. The Morgan fingerprint density at radius 1 is 1.37 bits per heavy atom. The van der Waals surface area contributed by atoms with Crippen molar-refractivity contribution >= 4 is 16.7 Å². The van der Waals surface area contributed by atoms with E-state index in [1.165, 1.54) is 0 Å². The number of anilines is 1. The Labute approximate surface area is 113 Å². The molecule has 0 amide bonds. The second-order valence-electron chi connectivity index (χ2n) is 4.43. The summed E-state index contributed by atoms with van der Waals surface area (Å²) in [5.41, 5.74) is 1.52. The first-order valence-electron chi connectivity index (χ1n) is 6.26. The van der Waals surface area contributed by atoms with Crippen molar-refractivity contribution < 1.29 is 4.74 Å². The minimum atomic E-state index is 0.610. The topological polar surface area (TPSA) is 49.1 Å². The molecule has 0 fully saturated rings. The monoisotopic (exact) mass is 255 g/mol. The zero-order chi connectivity index (χ0) is 13.7. The van der Waals surface area contributed by atoms with E-state index in [0.717, 1.165) is 29.7 Å². The molecule has 0 aliphatic carbocycles. The standard InChI is InChI=1S/C15H17N3O/c1-18(8-5-9-19-2)15-13(11-16)10-12-6-3-4-7-14(12)17-15/h3-4,6-7,10H,5,8-9H2,1-2H3. The Balaban J connectivity index is 2.33. The summed E-state index contributed by atoms with van der Waals surface area (Å²) in [7, 11) is 3.64. The van der Waals surface area contributed by atoms with E-state index in [9.17, 15) is 5.26 Å². The van der Waals surface area contributed by atoms with Crippen molar-refractivity contribution in [2.45, 2.75) is 6.42 Å². The molecule has 0 aliphatic rings. The van der Waals surface area contributed by atoms with Crippen LogP contribution >= 0.6 is 0 Å². The Hall–Kier alpha value is -2.12. The summed E-state index contributed by atoms with van der Waals surface area (Å²) < 4.78 is 5.04. The number of benzene rings is 1. The molecule has 0 bridgehead atoms. The van der Waals surface area contributed by atoms with Crippen molar-refractivity contribution in [2.24, 2.45) is 0 Å². The molecule has 0 atom stereocenters. The summed E-state index contributed by atoms with van der Waals surface area (Å²) >= 11 is 0. The van der Waals surface area contributed by atoms with Gasteiger partial charge in [-0.2, -0.15) is 5.26 Å². The van der Waals surface area contributed by atoms with Crippen LogP contribution in [0.3, 0.4) is 0 Å². The second kappa shape index (κ2) is 6.17. The van der Waals surface area contributed by atoms with Crippen LogP contribution in [-0.2, 0) is 4.74 Å². The number of rotatable bonds is 5. The van der Waals surface area contributed by atoms with Gasteiger partial charge in [0.05, 0.1) is 11.1 Å². The molecule has 98 valence electrons. The van der Waals surface area contributed by atoms with E-state index in [-0.39, 0.29) is 0 Å². The van der Waals surface area contributed by atoms with Crippen LogP contribution in [0.25, 0.3) is 10.9 Å². The SMILES string of the molecule is COCCCN(C)c1nc2ccccc2cc1C#N. The zero-order valence-corrected chi connectivity index (χ0v) is 11.3. The van der Waals surface area contributed by atoms with E-state index >= 15 is 0 Å². The van der Waals surface area contributed by atoms with Crippen molar-refractivity contribution in [1.29, 1.82) is 5.26 Å². The Morgan fingerprint density at radius 3 is 2.89 bits per heavy atom. The van der Waals surface area contributed by atoms with Crippen molar-refractivity contribution in [3.63, 3.8) is 0 Å². The summed E-state index contributed by atoms with van der Waals surface area (Å²) in [6.45, 7) is 1.52. The third-order valence-corrected chi connectivity index (χ3v) is 3.03. The molecule has 0 N–H and O–H groups in total. The Bertz CT molecular complexity index is 604. The number of hydrogen-bond acceptors (Lipinski definition) is 4. The average Bonchev–Trinajstić information content (AvgIpc) is 2.46. The zero-order valence-electron chi connectivity index (χ0n) is 11.3. The molecule has 0 spiro atoms. The van der Waals surface area contributed by atoms with E-state index in [2.05, 4.69) is 11.1 Å². The first-order chi connectivity index (χ1) is 9.26. The van der Waals surface area contributed by atoms with Gasteiger partial charge in [-0.25, -0.2) is 4.98 Å². The predicted molar refractivity (Wildman–Crippen MR) is 76.2 cm³/mol. The number of pyridine rings is 1. The predicted octanol–water partition coefficient (Wildman–Crippen LogP) is 2.58. The average molecular weight is 255 g/mol. The lowest BCUT2D eigenvalue weighted by molar-refractivity contribution is 0.196. The second-order valence-corrected chi connectivity index (χ2v) is 4.43. The first kappa shape index (κ1) is 13.3. The van der Waals surface area contributed by atoms with E-state index < -0.39 is 0 Å². The lowest BCUT2D eigenvalue weighted by atomic mass is 10.1. The number of para-hydroxylation sites is 1. The maximum atomic E-state index is 9.26. The molecule has 1 heterocycles. The fourth-order valence-corrected chi connectivity index (χ4v) is 2.03. The van der Waals surface area contributed by atoms with Gasteiger partial charge in [0.25, 0.3) is 0 Å². The van der Waals surface area contributed by atoms with Crippen LogP contribution in [0.2, 0.25) is 0 Å². The fraction of sp³-hybridized carbons (Fsp3) is 0.333. The van der Waals surface area contributed by atoms with Crippen molar-refractivity contribution in [3.05, 3.63) is 35.9 Å². The summed E-state index contributed by atoms with van der Waals surface area (Å²) in [5, 5.41) is 10.3. The quantitative estimate of drug-likeness (QED) is 0.770. The molecular formula is C15H17N3O. The van der Waals surface area contributed by atoms with Gasteiger partial charge in [0.15, 0.2) is 0 Å². The van der Waals surface area contributed by atoms with Gasteiger partial charge in [-0.3, -0.25) is 0 Å². The summed E-state index contributed by atoms with van der Waals surface area (Å²) in [6.07, 6.45) is 0.909. The highest BCUT2D eigenvalue weighted by molar-refractivity contribution is 5.82. The van der Waals surface area contributed by atoms with Crippen LogP contribution in [0.4, 0.5) is 5.82 Å². The lowest BCUT2D eigenvalue weighted by Gasteiger charge is -2.19. The molecule has 1 aromatic carbocycles. The van der Waals surface area contributed by atoms with Crippen LogP contribution in [0, 0.1) is 11.3 Å². The molecule has 0 saturated carbocycles. The first-order valence-corrected chi connectivity index (χ1v) is 6.26. The molecule has 19 heavy (non-hydrogen) atoms. The van der Waals surface area contributed by atoms with Gasteiger partial charge in [-0.15, -0.1) is 0 Å². The Morgan fingerprint density at radius 2 is 2.16 bits per heavy atom. The molecule has 4 nitrogen and oxygen atoms in total. The number of ether oxygens (including phenoxy) is 1. The smallest absolute Gasteiger partial charge is 0.147 e. The highest BCUT2D eigenvalue weighted by Gasteiger charge is 2.10. The number of fused-ring (bicyclic) bond motifs is 1. The van der Waals surface area contributed by atoms with E-state index in [0.29, 0.717) is 12.2 Å². The van der Waals surface area contributed by atoms with Crippen molar-refractivity contribution in [1.82, 2.24) is 4.98 Å². The van der Waals surface area contributed by atoms with Crippen LogP contribution in [0.5, 0.6) is 0 Å². The number of methoxy groups -OCH3 is 1. The minimum absolute atomic E-state index is 0.610. The third-order valence-electron chi connectivity index (χ3n) is 3.03. The normalized spacial score (nSPS) is 10.4. The largest absolute Gasteiger partial charge is 0.385 e. The summed E-state index contributed by atoms with van der Waals surface area (Å²) in [6, 6.07) is 12.0. The number of nitriles is 1. The van der Waals surface area contributed by atoms with Crippen molar-refractivity contribution in [2.75, 3.05) is 32.2 Å². The molecular weight excluding hydrogens is 238 g/mol. The molecule has 0 saturated heterocycles. The van der Waals surface area contributed by atoms with E-state index in [4.69, 9.17) is 4.74 Å². The van der Waals surface area contributed by atoms with Gasteiger partial charge in [0.2, 0.25) is 0 Å². The highest BCUT2D eigenvalue weighted by atomic mass is 16.5. The van der Waals surface area contributed by atoms with Crippen LogP contribution in [-0.4, -0.2) is 32.3 Å². The summed E-state index contributed by atoms with van der Waals surface area (Å²) in [4.78, 5) is 6.59. The number of aromatic nitrogens is 1. The van der Waals surface area contributed by atoms with Gasteiger partial charge in [-0.05, 0) is 18.6 Å². The maximum absolute atomic E-state index is 9.26. The lowest BCUT2D eigenvalue weighted by Crippen LogP contribution is -2.22. The molecule has 0 aliphatic heterocycles. The van der Waals surface area contributed by atoms with Gasteiger partial charge in [0, 0.05) is 32.7 Å².